The predicted molar refractivity (Wildman–Crippen MR) is 199 cm³/mol. The zero-order chi connectivity index (χ0) is 37.5. The van der Waals surface area contributed by atoms with Gasteiger partial charge in [-0.05, 0) is 55.6 Å². The summed E-state index contributed by atoms with van der Waals surface area (Å²) in [6.07, 6.45) is 8.03. The summed E-state index contributed by atoms with van der Waals surface area (Å²) in [7, 11) is 1.68. The fraction of sp³-hybridized carbons (Fsp3) is 0.579. The van der Waals surface area contributed by atoms with Crippen molar-refractivity contribution in [2.75, 3.05) is 62.2 Å². The normalized spacial score (nSPS) is 23.2. The number of anilines is 2. The van der Waals surface area contributed by atoms with Gasteiger partial charge in [0.1, 0.15) is 17.6 Å². The molecule has 16 heteroatoms. The highest BCUT2D eigenvalue weighted by Gasteiger charge is 2.35. The maximum Gasteiger partial charge on any atom is 0.347 e. The van der Waals surface area contributed by atoms with Crippen LogP contribution in [0.15, 0.2) is 35.3 Å². The first-order valence-corrected chi connectivity index (χ1v) is 19.4. The Hall–Kier alpha value is -5.12. The van der Waals surface area contributed by atoms with Gasteiger partial charge in [0.05, 0.1) is 11.9 Å². The second kappa shape index (κ2) is 15.0. The number of hydrogen-bond acceptors (Lipinski definition) is 11. The van der Waals surface area contributed by atoms with E-state index in [9.17, 15) is 24.0 Å². The standard InChI is InChI=1S/C38H49N11O5/c1-44-37(43-49(38(44)54)30-10-11-32(50)42-36(30)53)46-16-12-25(13-17-46)20-45-21-27(22-45)26-8-6-24(7-9-26)18-29-34(35(39)52)40-19-31(41-29)47-14-2-4-28(23-47)48-15-3-5-33(48)51/h6-9,19,25,27-28,30H,2-5,10-18,20-23H2,1H3,(H2,39,52)(H,42,50,53)/t28-,30?/m0/s1. The number of benzene rings is 1. The average molecular weight is 740 g/mol. The van der Waals surface area contributed by atoms with E-state index in [1.54, 1.807) is 13.2 Å². The van der Waals surface area contributed by atoms with Gasteiger partial charge in [0.25, 0.3) is 11.8 Å². The van der Waals surface area contributed by atoms with Crippen LogP contribution in [0, 0.1) is 5.92 Å². The van der Waals surface area contributed by atoms with E-state index in [1.165, 1.54) is 14.8 Å². The van der Waals surface area contributed by atoms with Crippen molar-refractivity contribution in [1.29, 1.82) is 0 Å². The molecule has 3 N–H and O–H groups in total. The zero-order valence-electron chi connectivity index (χ0n) is 30.9. The van der Waals surface area contributed by atoms with Gasteiger partial charge in [-0.15, -0.1) is 5.10 Å². The van der Waals surface area contributed by atoms with Crippen LogP contribution >= 0.6 is 0 Å². The Bertz CT molecular complexity index is 1980. The molecule has 16 nitrogen and oxygen atoms in total. The number of nitrogens with zero attached hydrogens (tertiary/aromatic N) is 9. The van der Waals surface area contributed by atoms with Gasteiger partial charge >= 0.3 is 5.69 Å². The lowest BCUT2D eigenvalue weighted by atomic mass is 9.88. The van der Waals surface area contributed by atoms with E-state index in [4.69, 9.17) is 10.7 Å². The third kappa shape index (κ3) is 7.22. The SMILES string of the molecule is Cn1c(N2CCC(CN3CC(c4ccc(Cc5nc(N6CCC[C@H](N7CCCC7=O)C6)cnc5C(N)=O)cc4)C3)CC2)nn(C2CCC(=O)NC2=O)c1=O. The Morgan fingerprint density at radius 2 is 1.69 bits per heavy atom. The van der Waals surface area contributed by atoms with Gasteiger partial charge in [0, 0.05) is 90.6 Å². The molecule has 54 heavy (non-hydrogen) atoms. The summed E-state index contributed by atoms with van der Waals surface area (Å²) < 4.78 is 2.73. The maximum atomic E-state index is 13.0. The van der Waals surface area contributed by atoms with Gasteiger partial charge in [-0.2, -0.15) is 4.68 Å². The molecule has 1 aromatic carbocycles. The average Bonchev–Trinajstić information content (AvgIpc) is 3.72. The largest absolute Gasteiger partial charge is 0.364 e. The lowest BCUT2D eigenvalue weighted by molar-refractivity contribution is -0.136. The van der Waals surface area contributed by atoms with Gasteiger partial charge in [0.15, 0.2) is 0 Å². The molecule has 5 saturated heterocycles. The number of carbonyl (C=O) groups is 4. The number of piperidine rings is 3. The number of likely N-dealkylation sites (tertiary alicyclic amines) is 2. The second-order valence-corrected chi connectivity index (χ2v) is 15.6. The van der Waals surface area contributed by atoms with Crippen LogP contribution in [0.25, 0.3) is 0 Å². The molecule has 2 atom stereocenters. The number of hydrogen-bond donors (Lipinski definition) is 2. The highest BCUT2D eigenvalue weighted by Crippen LogP contribution is 2.31. The van der Waals surface area contributed by atoms with Gasteiger partial charge in [0.2, 0.25) is 17.8 Å². The molecule has 2 aromatic heterocycles. The molecule has 5 aliphatic rings. The van der Waals surface area contributed by atoms with Crippen LogP contribution in [0.5, 0.6) is 0 Å². The molecule has 1 unspecified atom stereocenters. The third-order valence-electron chi connectivity index (χ3n) is 12.0. The smallest absolute Gasteiger partial charge is 0.347 e. The Morgan fingerprint density at radius 3 is 2.39 bits per heavy atom. The first-order chi connectivity index (χ1) is 26.1. The monoisotopic (exact) mass is 739 g/mol. The first-order valence-electron chi connectivity index (χ1n) is 19.4. The fourth-order valence-corrected chi connectivity index (χ4v) is 8.92. The van der Waals surface area contributed by atoms with Crippen molar-refractivity contribution in [3.8, 4) is 0 Å². The van der Waals surface area contributed by atoms with Crippen LogP contribution in [0.3, 0.4) is 0 Å². The molecule has 7 heterocycles. The molecule has 3 aromatic rings. The minimum Gasteiger partial charge on any atom is -0.364 e. The van der Waals surface area contributed by atoms with Crippen LogP contribution in [-0.4, -0.2) is 116 Å². The molecule has 0 radical (unpaired) electrons. The molecule has 0 saturated carbocycles. The van der Waals surface area contributed by atoms with E-state index in [-0.39, 0.29) is 42.1 Å². The fourth-order valence-electron chi connectivity index (χ4n) is 8.92. The number of nitrogens with two attached hydrogens (primary N) is 1. The van der Waals surface area contributed by atoms with E-state index in [2.05, 4.69) is 54.4 Å². The van der Waals surface area contributed by atoms with Crippen molar-refractivity contribution in [1.82, 2.24) is 39.4 Å². The summed E-state index contributed by atoms with van der Waals surface area (Å²) in [5, 5.41) is 6.86. The van der Waals surface area contributed by atoms with Crippen molar-refractivity contribution < 1.29 is 19.2 Å². The first kappa shape index (κ1) is 35.9. The molecular formula is C38H49N11O5. The summed E-state index contributed by atoms with van der Waals surface area (Å²) in [6, 6.07) is 7.98. The Morgan fingerprint density at radius 1 is 0.907 bits per heavy atom. The van der Waals surface area contributed by atoms with Crippen LogP contribution < -0.4 is 26.5 Å². The molecule has 0 aliphatic carbocycles. The summed E-state index contributed by atoms with van der Waals surface area (Å²) >= 11 is 0. The highest BCUT2D eigenvalue weighted by atomic mass is 16.2. The molecule has 0 bridgehead atoms. The second-order valence-electron chi connectivity index (χ2n) is 15.6. The lowest BCUT2D eigenvalue weighted by Crippen LogP contribution is -2.48. The molecule has 5 aliphatic heterocycles. The van der Waals surface area contributed by atoms with E-state index in [1.807, 2.05) is 4.90 Å². The number of carbonyl (C=O) groups excluding carboxylic acids is 4. The van der Waals surface area contributed by atoms with E-state index in [0.29, 0.717) is 48.7 Å². The number of amides is 4. The zero-order valence-corrected chi connectivity index (χ0v) is 30.9. The highest BCUT2D eigenvalue weighted by molar-refractivity contribution is 5.99. The molecule has 5 fully saturated rings. The minimum absolute atomic E-state index is 0.173. The van der Waals surface area contributed by atoms with Gasteiger partial charge < -0.3 is 25.3 Å². The molecule has 4 amide bonds. The summed E-state index contributed by atoms with van der Waals surface area (Å²) in [5.41, 5.74) is 8.46. The number of aromatic nitrogens is 5. The Labute approximate surface area is 313 Å². The van der Waals surface area contributed by atoms with Crippen molar-refractivity contribution >= 4 is 35.4 Å². The quantitative estimate of drug-likeness (QED) is 0.282. The third-order valence-corrected chi connectivity index (χ3v) is 12.0. The van der Waals surface area contributed by atoms with E-state index in [0.717, 1.165) is 83.5 Å². The van der Waals surface area contributed by atoms with Gasteiger partial charge in [-0.25, -0.2) is 14.8 Å². The Balaban J connectivity index is 0.829. The molecular weight excluding hydrogens is 690 g/mol. The molecule has 286 valence electrons. The maximum absolute atomic E-state index is 13.0. The minimum atomic E-state index is -0.766. The number of rotatable bonds is 10. The van der Waals surface area contributed by atoms with E-state index >= 15 is 0 Å². The van der Waals surface area contributed by atoms with Crippen molar-refractivity contribution in [2.24, 2.45) is 18.7 Å². The van der Waals surface area contributed by atoms with Gasteiger partial charge in [-0.1, -0.05) is 24.3 Å². The molecule has 0 spiro atoms. The number of primary amides is 1. The van der Waals surface area contributed by atoms with Crippen LogP contribution in [0.1, 0.15) is 90.6 Å². The van der Waals surface area contributed by atoms with E-state index < -0.39 is 17.9 Å². The van der Waals surface area contributed by atoms with Crippen molar-refractivity contribution in [3.63, 3.8) is 0 Å². The number of nitrogens with one attached hydrogen (secondary N) is 1. The summed E-state index contributed by atoms with van der Waals surface area (Å²) in [5.74, 6) is 1.14. The summed E-state index contributed by atoms with van der Waals surface area (Å²) in [4.78, 5) is 79.8. The van der Waals surface area contributed by atoms with Crippen LogP contribution in [0.2, 0.25) is 0 Å². The topological polar surface area (TPSA) is 185 Å². The number of imide groups is 1. The van der Waals surface area contributed by atoms with Crippen molar-refractivity contribution in [3.05, 3.63) is 63.5 Å². The summed E-state index contributed by atoms with van der Waals surface area (Å²) in [6.45, 7) is 6.97. The predicted octanol–water partition coefficient (Wildman–Crippen LogP) is 0.946. The van der Waals surface area contributed by atoms with Crippen LogP contribution in [-0.2, 0) is 27.9 Å². The Kier molecular flexibility index (Phi) is 9.94. The van der Waals surface area contributed by atoms with Gasteiger partial charge in [-0.3, -0.25) is 29.1 Å². The van der Waals surface area contributed by atoms with Crippen LogP contribution in [0.4, 0.5) is 11.8 Å². The lowest BCUT2D eigenvalue weighted by Gasteiger charge is -2.43. The molecule has 8 rings (SSSR count). The van der Waals surface area contributed by atoms with Crippen molar-refractivity contribution in [2.45, 2.75) is 75.8 Å².